The Balaban J connectivity index is 1.34. The molecule has 1 amide bonds. The van der Waals surface area contributed by atoms with Crippen LogP contribution < -0.4 is 26.6 Å². The van der Waals surface area contributed by atoms with Crippen LogP contribution >= 0.6 is 0 Å². The summed E-state index contributed by atoms with van der Waals surface area (Å²) in [6.07, 6.45) is 6.13. The molecule has 12 heteroatoms. The molecule has 1 fully saturated rings. The van der Waals surface area contributed by atoms with Gasteiger partial charge in [0, 0.05) is 38.4 Å². The Morgan fingerprint density at radius 1 is 0.907 bits per heavy atom. The van der Waals surface area contributed by atoms with Crippen molar-refractivity contribution in [2.24, 2.45) is 5.73 Å². The Bertz CT molecular complexity index is 1260. The summed E-state index contributed by atoms with van der Waals surface area (Å²) in [5, 5.41) is 9.41. The number of nitrogens with two attached hydrogens (primary N) is 1. The molecule has 2 aromatic carbocycles. The lowest BCUT2D eigenvalue weighted by molar-refractivity contribution is -0.120. The van der Waals surface area contributed by atoms with Gasteiger partial charge in [0.25, 0.3) is 0 Å². The molecule has 5 N–H and O–H groups in total. The molecule has 1 aliphatic carbocycles. The van der Waals surface area contributed by atoms with Gasteiger partial charge in [0.1, 0.15) is 5.82 Å². The van der Waals surface area contributed by atoms with Gasteiger partial charge in [-0.1, -0.05) is 43.5 Å². The first kappa shape index (κ1) is 32.1. The molecular weight excluding hydrogens is 551 g/mol. The van der Waals surface area contributed by atoms with Crippen molar-refractivity contribution in [3.63, 3.8) is 0 Å². The number of benzene rings is 2. The number of hydrogen-bond donors (Lipinski definition) is 4. The van der Waals surface area contributed by atoms with E-state index in [0.29, 0.717) is 69.9 Å². The highest BCUT2D eigenvalue weighted by molar-refractivity contribution is 5.78. The van der Waals surface area contributed by atoms with Crippen LogP contribution in [0.2, 0.25) is 0 Å². The van der Waals surface area contributed by atoms with Crippen LogP contribution in [0.15, 0.2) is 48.5 Å². The SMILES string of the molecule is CN(c1nc(NCc2ccc(F)cc2)nc(Nc2ccc(CC(=O)NCCOCCOCCN)cc2)n1)C1CCCCC1. The van der Waals surface area contributed by atoms with Crippen LogP contribution in [0.1, 0.15) is 43.2 Å². The van der Waals surface area contributed by atoms with Crippen molar-refractivity contribution in [1.82, 2.24) is 20.3 Å². The molecule has 43 heavy (non-hydrogen) atoms. The van der Waals surface area contributed by atoms with Crippen molar-refractivity contribution in [3.05, 3.63) is 65.5 Å². The second-order valence-corrected chi connectivity index (χ2v) is 10.5. The zero-order valence-electron chi connectivity index (χ0n) is 24.9. The molecule has 0 aliphatic heterocycles. The van der Waals surface area contributed by atoms with Crippen molar-refractivity contribution >= 4 is 29.4 Å². The van der Waals surface area contributed by atoms with Crippen LogP contribution in [0, 0.1) is 5.82 Å². The number of amides is 1. The van der Waals surface area contributed by atoms with E-state index in [1.54, 1.807) is 12.1 Å². The first-order valence-corrected chi connectivity index (χ1v) is 15.0. The minimum absolute atomic E-state index is 0.0755. The summed E-state index contributed by atoms with van der Waals surface area (Å²) < 4.78 is 24.0. The van der Waals surface area contributed by atoms with Crippen molar-refractivity contribution in [3.8, 4) is 0 Å². The first-order chi connectivity index (χ1) is 21.0. The van der Waals surface area contributed by atoms with Crippen molar-refractivity contribution in [2.45, 2.75) is 51.1 Å². The number of rotatable bonds is 17. The fourth-order valence-corrected chi connectivity index (χ4v) is 4.82. The number of anilines is 4. The van der Waals surface area contributed by atoms with Crippen LogP contribution in [0.4, 0.5) is 27.9 Å². The van der Waals surface area contributed by atoms with E-state index in [1.165, 1.54) is 31.4 Å². The summed E-state index contributed by atoms with van der Waals surface area (Å²) >= 11 is 0. The summed E-state index contributed by atoms with van der Waals surface area (Å²) in [4.78, 5) is 28.5. The van der Waals surface area contributed by atoms with Crippen molar-refractivity contribution in [2.75, 3.05) is 62.1 Å². The Morgan fingerprint density at radius 3 is 2.30 bits per heavy atom. The number of carbonyl (C=O) groups is 1. The molecule has 1 aromatic heterocycles. The van der Waals surface area contributed by atoms with Crippen LogP contribution in [0.3, 0.4) is 0 Å². The maximum atomic E-state index is 13.3. The number of nitrogens with one attached hydrogen (secondary N) is 3. The molecular formula is C31H43FN8O3. The number of aromatic nitrogens is 3. The summed E-state index contributed by atoms with van der Waals surface area (Å²) in [6.45, 7) is 3.26. The fourth-order valence-electron chi connectivity index (χ4n) is 4.82. The molecule has 0 saturated heterocycles. The summed E-state index contributed by atoms with van der Waals surface area (Å²) in [5.41, 5.74) is 7.96. The first-order valence-electron chi connectivity index (χ1n) is 15.0. The zero-order chi connectivity index (χ0) is 30.3. The predicted molar refractivity (Wildman–Crippen MR) is 166 cm³/mol. The number of hydrogen-bond acceptors (Lipinski definition) is 10. The minimum atomic E-state index is -0.274. The third-order valence-electron chi connectivity index (χ3n) is 7.20. The molecule has 0 spiro atoms. The zero-order valence-corrected chi connectivity index (χ0v) is 24.9. The van der Waals surface area contributed by atoms with E-state index in [4.69, 9.17) is 25.2 Å². The lowest BCUT2D eigenvalue weighted by atomic mass is 9.95. The van der Waals surface area contributed by atoms with Crippen LogP contribution in [0.25, 0.3) is 0 Å². The summed E-state index contributed by atoms with van der Waals surface area (Å²) in [5.74, 6) is 1.08. The highest BCUT2D eigenvalue weighted by atomic mass is 19.1. The van der Waals surface area contributed by atoms with E-state index < -0.39 is 0 Å². The molecule has 1 heterocycles. The molecule has 1 aliphatic rings. The Kier molecular flexibility index (Phi) is 12.9. The van der Waals surface area contributed by atoms with E-state index in [-0.39, 0.29) is 18.1 Å². The lowest BCUT2D eigenvalue weighted by Gasteiger charge is -2.31. The van der Waals surface area contributed by atoms with Crippen LogP contribution in [-0.2, 0) is 27.2 Å². The average molecular weight is 595 g/mol. The number of ether oxygens (including phenoxy) is 2. The predicted octanol–water partition coefficient (Wildman–Crippen LogP) is 3.79. The number of halogens is 1. The molecule has 0 atom stereocenters. The highest BCUT2D eigenvalue weighted by Crippen LogP contribution is 2.26. The van der Waals surface area contributed by atoms with Gasteiger partial charge in [0.2, 0.25) is 23.8 Å². The van der Waals surface area contributed by atoms with E-state index in [9.17, 15) is 9.18 Å². The van der Waals surface area contributed by atoms with Gasteiger partial charge in [-0.15, -0.1) is 0 Å². The standard InChI is InChI=1S/C31H43FN8O3/c1-40(27-5-3-2-4-6-27)31-38-29(35-22-24-7-11-25(32)12-8-24)37-30(39-31)36-26-13-9-23(10-14-26)21-28(41)34-16-18-43-20-19-42-17-15-33/h7-14,27H,2-6,15-22,33H2,1H3,(H,34,41)(H2,35,36,37,38,39). The Labute approximate surface area is 252 Å². The number of nitrogens with zero attached hydrogens (tertiary/aromatic N) is 4. The van der Waals surface area contributed by atoms with E-state index in [1.807, 2.05) is 31.3 Å². The lowest BCUT2D eigenvalue weighted by Crippen LogP contribution is -2.35. The fraction of sp³-hybridized carbons (Fsp3) is 0.484. The van der Waals surface area contributed by atoms with Gasteiger partial charge in [-0.3, -0.25) is 4.79 Å². The molecule has 3 aromatic rings. The third kappa shape index (κ3) is 11.0. The molecule has 11 nitrogen and oxygen atoms in total. The van der Waals surface area contributed by atoms with Crippen LogP contribution in [0.5, 0.6) is 0 Å². The van der Waals surface area contributed by atoms with Crippen molar-refractivity contribution < 1.29 is 18.7 Å². The normalized spacial score (nSPS) is 13.5. The molecule has 1 saturated carbocycles. The summed E-state index contributed by atoms with van der Waals surface area (Å²) in [6, 6.07) is 14.3. The van der Waals surface area contributed by atoms with Crippen LogP contribution in [-0.4, -0.2) is 73.5 Å². The van der Waals surface area contributed by atoms with E-state index in [0.717, 1.165) is 29.7 Å². The number of carbonyl (C=O) groups excluding carboxylic acids is 1. The molecule has 4 rings (SSSR count). The van der Waals surface area contributed by atoms with E-state index in [2.05, 4.69) is 25.8 Å². The quantitative estimate of drug-likeness (QED) is 0.171. The van der Waals surface area contributed by atoms with Crippen molar-refractivity contribution in [1.29, 1.82) is 0 Å². The average Bonchev–Trinajstić information content (AvgIpc) is 3.03. The minimum Gasteiger partial charge on any atom is -0.378 e. The molecule has 0 bridgehead atoms. The van der Waals surface area contributed by atoms with Gasteiger partial charge in [0.15, 0.2) is 0 Å². The Hall–Kier alpha value is -3.87. The van der Waals surface area contributed by atoms with Gasteiger partial charge in [0.05, 0.1) is 32.8 Å². The second-order valence-electron chi connectivity index (χ2n) is 10.5. The summed E-state index contributed by atoms with van der Waals surface area (Å²) in [7, 11) is 2.03. The molecule has 0 unspecified atom stereocenters. The monoisotopic (exact) mass is 594 g/mol. The molecule has 0 radical (unpaired) electrons. The van der Waals surface area contributed by atoms with Gasteiger partial charge >= 0.3 is 0 Å². The molecule has 232 valence electrons. The largest absolute Gasteiger partial charge is 0.378 e. The maximum absolute atomic E-state index is 13.3. The van der Waals surface area contributed by atoms with E-state index >= 15 is 0 Å². The van der Waals surface area contributed by atoms with Gasteiger partial charge in [-0.05, 0) is 48.2 Å². The Morgan fingerprint density at radius 2 is 1.58 bits per heavy atom. The maximum Gasteiger partial charge on any atom is 0.233 e. The topological polar surface area (TPSA) is 140 Å². The van der Waals surface area contributed by atoms with Gasteiger partial charge in [-0.25, -0.2) is 4.39 Å². The third-order valence-corrected chi connectivity index (χ3v) is 7.20. The highest BCUT2D eigenvalue weighted by Gasteiger charge is 2.21. The smallest absolute Gasteiger partial charge is 0.233 e. The van der Waals surface area contributed by atoms with Gasteiger partial charge < -0.3 is 36.1 Å². The van der Waals surface area contributed by atoms with Gasteiger partial charge in [-0.2, -0.15) is 15.0 Å². The second kappa shape index (κ2) is 17.3.